The number of methoxy groups -OCH3 is 1. The monoisotopic (exact) mass is 315 g/mol. The highest BCUT2D eigenvalue weighted by atomic mass is 35.5. The largest absolute Gasteiger partial charge is 0.378 e. The minimum absolute atomic E-state index is 0.0222. The lowest BCUT2D eigenvalue weighted by Gasteiger charge is -2.43. The van der Waals surface area contributed by atoms with Gasteiger partial charge >= 0.3 is 0 Å². The minimum atomic E-state index is 0.0222. The predicted molar refractivity (Wildman–Crippen MR) is 85.7 cm³/mol. The maximum Gasteiger partial charge on any atom is 0.0697 e. The molecule has 1 aliphatic rings. The van der Waals surface area contributed by atoms with Gasteiger partial charge in [-0.25, -0.2) is 0 Å². The molecule has 0 spiro atoms. The number of ether oxygens (including phenoxy) is 1. The molecule has 1 fully saturated rings. The fourth-order valence-electron chi connectivity index (χ4n) is 2.83. The van der Waals surface area contributed by atoms with Crippen molar-refractivity contribution in [3.63, 3.8) is 0 Å². The second-order valence-electron chi connectivity index (χ2n) is 5.62. The summed E-state index contributed by atoms with van der Waals surface area (Å²) in [5.74, 6) is 0. The van der Waals surface area contributed by atoms with Gasteiger partial charge in [0.15, 0.2) is 0 Å². The molecule has 0 radical (unpaired) electrons. The summed E-state index contributed by atoms with van der Waals surface area (Å²) in [6.45, 7) is 3.15. The smallest absolute Gasteiger partial charge is 0.0697 e. The first-order chi connectivity index (χ1) is 9.60. The molecular formula is C16H23Cl2NO. The van der Waals surface area contributed by atoms with Crippen LogP contribution in [0.3, 0.4) is 0 Å². The molecular weight excluding hydrogens is 293 g/mol. The molecule has 0 heterocycles. The third-order valence-corrected chi connectivity index (χ3v) is 4.82. The van der Waals surface area contributed by atoms with Crippen LogP contribution in [-0.4, -0.2) is 19.3 Å². The van der Waals surface area contributed by atoms with Crippen molar-refractivity contribution in [3.8, 4) is 0 Å². The molecule has 1 unspecified atom stereocenters. The number of rotatable bonds is 7. The Hall–Kier alpha value is -0.280. The van der Waals surface area contributed by atoms with Crippen LogP contribution in [0.4, 0.5) is 0 Å². The van der Waals surface area contributed by atoms with Crippen LogP contribution in [-0.2, 0) is 4.74 Å². The van der Waals surface area contributed by atoms with Crippen molar-refractivity contribution in [2.75, 3.05) is 13.7 Å². The molecule has 0 saturated heterocycles. The van der Waals surface area contributed by atoms with E-state index in [-0.39, 0.29) is 11.6 Å². The van der Waals surface area contributed by atoms with E-state index in [4.69, 9.17) is 27.9 Å². The Morgan fingerprint density at radius 2 is 2.10 bits per heavy atom. The Morgan fingerprint density at radius 3 is 2.60 bits per heavy atom. The van der Waals surface area contributed by atoms with Gasteiger partial charge in [0.25, 0.3) is 0 Å². The van der Waals surface area contributed by atoms with Crippen LogP contribution in [0.5, 0.6) is 0 Å². The maximum atomic E-state index is 6.37. The van der Waals surface area contributed by atoms with Crippen molar-refractivity contribution >= 4 is 23.2 Å². The minimum Gasteiger partial charge on any atom is -0.378 e. The number of hydrogen-bond donors (Lipinski definition) is 1. The van der Waals surface area contributed by atoms with E-state index >= 15 is 0 Å². The zero-order valence-corrected chi connectivity index (χ0v) is 13.7. The molecule has 2 rings (SSSR count). The Bertz CT molecular complexity index is 441. The summed E-state index contributed by atoms with van der Waals surface area (Å²) in [7, 11) is 1.82. The number of benzene rings is 1. The van der Waals surface area contributed by atoms with Crippen LogP contribution in [0, 0.1) is 0 Å². The summed E-state index contributed by atoms with van der Waals surface area (Å²) in [5, 5.41) is 5.01. The number of halogens is 2. The highest BCUT2D eigenvalue weighted by Gasteiger charge is 2.39. The van der Waals surface area contributed by atoms with E-state index in [9.17, 15) is 0 Å². The predicted octanol–water partition coefficient (Wildman–Crippen LogP) is 4.99. The Kier molecular flexibility index (Phi) is 5.74. The van der Waals surface area contributed by atoms with E-state index in [2.05, 4.69) is 12.2 Å². The quantitative estimate of drug-likeness (QED) is 0.765. The van der Waals surface area contributed by atoms with E-state index in [1.54, 1.807) is 0 Å². The maximum absolute atomic E-state index is 6.37. The molecule has 2 nitrogen and oxygen atoms in total. The second kappa shape index (κ2) is 7.13. The molecule has 20 heavy (non-hydrogen) atoms. The van der Waals surface area contributed by atoms with E-state index in [0.29, 0.717) is 5.02 Å². The van der Waals surface area contributed by atoms with Crippen molar-refractivity contribution in [1.82, 2.24) is 5.32 Å². The van der Waals surface area contributed by atoms with E-state index in [1.807, 2.05) is 25.3 Å². The SMILES string of the molecule is CCCNC(CC1(OC)CCC1)c1ccc(Cl)cc1Cl. The summed E-state index contributed by atoms with van der Waals surface area (Å²) < 4.78 is 5.76. The van der Waals surface area contributed by atoms with Crippen molar-refractivity contribution in [3.05, 3.63) is 33.8 Å². The molecule has 4 heteroatoms. The number of hydrogen-bond acceptors (Lipinski definition) is 2. The fourth-order valence-corrected chi connectivity index (χ4v) is 3.37. The van der Waals surface area contributed by atoms with Gasteiger partial charge in [-0.15, -0.1) is 0 Å². The highest BCUT2D eigenvalue weighted by molar-refractivity contribution is 6.35. The summed E-state index contributed by atoms with van der Waals surface area (Å²) >= 11 is 12.4. The van der Waals surface area contributed by atoms with Gasteiger partial charge in [-0.05, 0) is 56.3 Å². The van der Waals surface area contributed by atoms with Crippen LogP contribution >= 0.6 is 23.2 Å². The lowest BCUT2D eigenvalue weighted by Crippen LogP contribution is -2.43. The van der Waals surface area contributed by atoms with Crippen LogP contribution in [0.15, 0.2) is 18.2 Å². The molecule has 0 aliphatic heterocycles. The van der Waals surface area contributed by atoms with E-state index in [1.165, 1.54) is 6.42 Å². The summed E-state index contributed by atoms with van der Waals surface area (Å²) in [6, 6.07) is 5.98. The molecule has 1 aromatic rings. The van der Waals surface area contributed by atoms with Gasteiger partial charge in [-0.3, -0.25) is 0 Å². The molecule has 0 bridgehead atoms. The first-order valence-electron chi connectivity index (χ1n) is 7.34. The van der Waals surface area contributed by atoms with E-state index in [0.717, 1.165) is 42.8 Å². The zero-order chi connectivity index (χ0) is 14.6. The van der Waals surface area contributed by atoms with E-state index < -0.39 is 0 Å². The van der Waals surface area contributed by atoms with Crippen molar-refractivity contribution in [1.29, 1.82) is 0 Å². The molecule has 1 atom stereocenters. The highest BCUT2D eigenvalue weighted by Crippen LogP contribution is 2.43. The first-order valence-corrected chi connectivity index (χ1v) is 8.09. The Balaban J connectivity index is 2.17. The van der Waals surface area contributed by atoms with Gasteiger partial charge in [-0.1, -0.05) is 36.2 Å². The first kappa shape index (κ1) is 16.1. The van der Waals surface area contributed by atoms with Crippen molar-refractivity contribution < 1.29 is 4.74 Å². The van der Waals surface area contributed by atoms with Gasteiger partial charge in [-0.2, -0.15) is 0 Å². The summed E-state index contributed by atoms with van der Waals surface area (Å²) in [5.41, 5.74) is 1.14. The van der Waals surface area contributed by atoms with Crippen LogP contribution < -0.4 is 5.32 Å². The third-order valence-electron chi connectivity index (χ3n) is 4.25. The average Bonchev–Trinajstić information content (AvgIpc) is 2.38. The molecule has 1 aromatic carbocycles. The van der Waals surface area contributed by atoms with Gasteiger partial charge in [0.05, 0.1) is 5.60 Å². The van der Waals surface area contributed by atoms with Gasteiger partial charge < -0.3 is 10.1 Å². The normalized spacial score (nSPS) is 18.6. The van der Waals surface area contributed by atoms with Gasteiger partial charge in [0, 0.05) is 23.2 Å². The topological polar surface area (TPSA) is 21.3 Å². The second-order valence-corrected chi connectivity index (χ2v) is 6.46. The third kappa shape index (κ3) is 3.67. The molecule has 112 valence electrons. The van der Waals surface area contributed by atoms with Crippen molar-refractivity contribution in [2.24, 2.45) is 0 Å². The van der Waals surface area contributed by atoms with Crippen LogP contribution in [0.1, 0.15) is 50.6 Å². The zero-order valence-electron chi connectivity index (χ0n) is 12.2. The molecule has 1 aliphatic carbocycles. The van der Waals surface area contributed by atoms with Gasteiger partial charge in [0.1, 0.15) is 0 Å². The summed E-state index contributed by atoms with van der Waals surface area (Å²) in [6.07, 6.45) is 5.59. The molecule has 0 amide bonds. The Labute approximate surface area is 131 Å². The fraction of sp³-hybridized carbons (Fsp3) is 0.625. The molecule has 1 N–H and O–H groups in total. The van der Waals surface area contributed by atoms with Crippen LogP contribution in [0.2, 0.25) is 10.0 Å². The molecule has 0 aromatic heterocycles. The Morgan fingerprint density at radius 1 is 1.35 bits per heavy atom. The lowest BCUT2D eigenvalue weighted by atomic mass is 9.74. The van der Waals surface area contributed by atoms with Crippen LogP contribution in [0.25, 0.3) is 0 Å². The molecule has 1 saturated carbocycles. The summed E-state index contributed by atoms with van der Waals surface area (Å²) in [4.78, 5) is 0. The van der Waals surface area contributed by atoms with Gasteiger partial charge in [0.2, 0.25) is 0 Å². The standard InChI is InChI=1S/C16H23Cl2NO/c1-3-9-19-15(11-16(20-2)7-4-8-16)13-6-5-12(17)10-14(13)18/h5-6,10,15,19H,3-4,7-9,11H2,1-2H3. The van der Waals surface area contributed by atoms with Crippen molar-refractivity contribution in [2.45, 2.75) is 50.7 Å². The number of nitrogens with one attached hydrogen (secondary N) is 1. The average molecular weight is 316 g/mol. The lowest BCUT2D eigenvalue weighted by molar-refractivity contribution is -0.0838.